The molecule has 2 aromatic rings. The van der Waals surface area contributed by atoms with E-state index in [-0.39, 0.29) is 61.4 Å². The van der Waals surface area contributed by atoms with Gasteiger partial charge in [0.15, 0.2) is 0 Å². The average Bonchev–Trinajstić information content (AvgIpc) is 3.41. The second-order valence-corrected chi connectivity index (χ2v) is 12.1. The number of fused-ring (bicyclic) bond motifs is 1. The average molecular weight is 596 g/mol. The summed E-state index contributed by atoms with van der Waals surface area (Å²) in [6.45, 7) is 8.62. The van der Waals surface area contributed by atoms with Gasteiger partial charge >= 0.3 is 0 Å². The molecule has 1 fully saturated rings. The minimum atomic E-state index is -0.753. The number of H-pyrrole nitrogens is 1. The zero-order valence-electron chi connectivity index (χ0n) is 26.6. The Balaban J connectivity index is 1.85. The fourth-order valence-corrected chi connectivity index (χ4v) is 5.47. The Morgan fingerprint density at radius 3 is 2.35 bits per heavy atom. The van der Waals surface area contributed by atoms with Crippen LogP contribution in [0, 0.1) is 5.92 Å². The van der Waals surface area contributed by atoms with E-state index in [0.29, 0.717) is 45.3 Å². The first-order valence-corrected chi connectivity index (χ1v) is 15.7. The number of unbranched alkanes of at least 4 members (excludes halogenated alkanes) is 2. The maximum atomic E-state index is 13.9. The van der Waals surface area contributed by atoms with Crippen molar-refractivity contribution < 1.29 is 24.0 Å². The van der Waals surface area contributed by atoms with Gasteiger partial charge in [-0.3, -0.25) is 24.0 Å². The number of carbonyl (C=O) groups is 5. The van der Waals surface area contributed by atoms with Crippen LogP contribution in [0.1, 0.15) is 71.8 Å². The Bertz CT molecular complexity index is 1270. The van der Waals surface area contributed by atoms with Gasteiger partial charge in [-0.15, -0.1) is 0 Å². The molecule has 1 aliphatic heterocycles. The second-order valence-electron chi connectivity index (χ2n) is 12.1. The number of amides is 4. The number of nitrogens with one attached hydrogen (secondary N) is 1. The molecule has 1 N–H and O–H groups in total. The number of aromatic nitrogens is 1. The van der Waals surface area contributed by atoms with Crippen molar-refractivity contribution in [3.63, 3.8) is 0 Å². The summed E-state index contributed by atoms with van der Waals surface area (Å²) >= 11 is 0. The van der Waals surface area contributed by atoms with Crippen LogP contribution in [0.15, 0.2) is 30.5 Å². The standard InChI is InChI=1S/C33H49N5O5/c1-6-27(39)12-8-7-11-17-38-23-32(42)37(18-15-26-20-34-29-14-10-9-13-28(26)29)22-31(41)36(21-24(2)3)19-16-30(40)35(5)25(4)33(38)43/h9-10,13-14,20,24-25,34H,6-8,11-12,15-19,21-23H2,1-5H3/t25-/m0/s1. The van der Waals surface area contributed by atoms with Gasteiger partial charge in [-0.2, -0.15) is 0 Å². The fourth-order valence-electron chi connectivity index (χ4n) is 5.47. The lowest BCUT2D eigenvalue weighted by molar-refractivity contribution is -0.147. The number of hydrogen-bond donors (Lipinski definition) is 1. The van der Waals surface area contributed by atoms with Crippen molar-refractivity contribution in [1.82, 2.24) is 24.6 Å². The molecule has 1 aromatic heterocycles. The lowest BCUT2D eigenvalue weighted by Crippen LogP contribution is -2.51. The number of aromatic amines is 1. The van der Waals surface area contributed by atoms with Gasteiger partial charge in [-0.25, -0.2) is 0 Å². The van der Waals surface area contributed by atoms with E-state index in [0.717, 1.165) is 29.3 Å². The van der Waals surface area contributed by atoms with Crippen molar-refractivity contribution in [1.29, 1.82) is 0 Å². The molecule has 2 heterocycles. The van der Waals surface area contributed by atoms with Gasteiger partial charge in [-0.05, 0) is 43.7 Å². The Hall–Kier alpha value is -3.69. The molecule has 0 saturated carbocycles. The maximum Gasteiger partial charge on any atom is 0.245 e. The van der Waals surface area contributed by atoms with Gasteiger partial charge < -0.3 is 24.6 Å². The third-order valence-electron chi connectivity index (χ3n) is 8.29. The number of nitrogens with zero attached hydrogens (tertiary/aromatic N) is 4. The minimum absolute atomic E-state index is 0.0985. The van der Waals surface area contributed by atoms with E-state index in [2.05, 4.69) is 4.98 Å². The number of hydrogen-bond acceptors (Lipinski definition) is 5. The van der Waals surface area contributed by atoms with Crippen LogP contribution in [0.3, 0.4) is 0 Å². The smallest absolute Gasteiger partial charge is 0.245 e. The Morgan fingerprint density at radius 2 is 1.63 bits per heavy atom. The number of benzene rings is 1. The molecule has 0 aliphatic carbocycles. The fraction of sp³-hybridized carbons (Fsp3) is 0.606. The van der Waals surface area contributed by atoms with Crippen LogP contribution < -0.4 is 0 Å². The molecule has 1 atom stereocenters. The van der Waals surface area contributed by atoms with Crippen LogP contribution in [0.2, 0.25) is 0 Å². The molecular formula is C33H49N5O5. The van der Waals surface area contributed by atoms with Gasteiger partial charge in [0.1, 0.15) is 11.8 Å². The van der Waals surface area contributed by atoms with E-state index in [4.69, 9.17) is 0 Å². The second kappa shape index (κ2) is 16.2. The summed E-state index contributed by atoms with van der Waals surface area (Å²) in [6, 6.07) is 7.21. The van der Waals surface area contributed by atoms with E-state index < -0.39 is 6.04 Å². The molecule has 0 bridgehead atoms. The molecule has 10 heteroatoms. The molecule has 1 saturated heterocycles. The summed E-state index contributed by atoms with van der Waals surface area (Å²) in [6.07, 6.45) is 5.72. The highest BCUT2D eigenvalue weighted by molar-refractivity contribution is 5.92. The molecule has 0 unspecified atom stereocenters. The summed E-state index contributed by atoms with van der Waals surface area (Å²) in [4.78, 5) is 75.4. The van der Waals surface area contributed by atoms with Crippen molar-refractivity contribution in [2.45, 2.75) is 78.7 Å². The first-order chi connectivity index (χ1) is 20.5. The number of para-hydroxylation sites is 1. The van der Waals surface area contributed by atoms with Crippen molar-refractivity contribution in [3.8, 4) is 0 Å². The van der Waals surface area contributed by atoms with Gasteiger partial charge in [0, 0.05) is 69.6 Å². The van der Waals surface area contributed by atoms with Crippen molar-refractivity contribution in [3.05, 3.63) is 36.0 Å². The van der Waals surface area contributed by atoms with Crippen molar-refractivity contribution in [2.75, 3.05) is 46.3 Å². The van der Waals surface area contributed by atoms with Crippen molar-refractivity contribution in [2.24, 2.45) is 5.92 Å². The molecule has 1 aliphatic rings. The van der Waals surface area contributed by atoms with Crippen LogP contribution in [-0.4, -0.2) is 106 Å². The largest absolute Gasteiger partial charge is 0.361 e. The third kappa shape index (κ3) is 9.66. The highest BCUT2D eigenvalue weighted by Gasteiger charge is 2.31. The molecule has 0 spiro atoms. The van der Waals surface area contributed by atoms with Crippen LogP contribution in [0.5, 0.6) is 0 Å². The quantitative estimate of drug-likeness (QED) is 0.377. The number of rotatable bonds is 12. The minimum Gasteiger partial charge on any atom is -0.361 e. The highest BCUT2D eigenvalue weighted by atomic mass is 16.2. The summed E-state index contributed by atoms with van der Waals surface area (Å²) in [5.74, 6) is -0.622. The Kier molecular flexibility index (Phi) is 12.8. The van der Waals surface area contributed by atoms with Gasteiger partial charge in [-0.1, -0.05) is 45.4 Å². The first kappa shape index (κ1) is 33.8. The Labute approximate surface area is 255 Å². The molecule has 0 radical (unpaired) electrons. The van der Waals surface area contributed by atoms with Gasteiger partial charge in [0.2, 0.25) is 23.6 Å². The summed E-state index contributed by atoms with van der Waals surface area (Å²) < 4.78 is 0. The monoisotopic (exact) mass is 595 g/mol. The summed E-state index contributed by atoms with van der Waals surface area (Å²) in [7, 11) is 1.60. The number of likely N-dealkylation sites (N-methyl/N-ethyl adjacent to an activating group) is 1. The van der Waals surface area contributed by atoms with E-state index in [1.54, 1.807) is 23.8 Å². The van der Waals surface area contributed by atoms with E-state index in [1.165, 1.54) is 9.80 Å². The number of Topliss-reactive ketones (excluding diaryl/α,β-unsaturated/α-hetero) is 1. The van der Waals surface area contributed by atoms with Crippen LogP contribution in [0.4, 0.5) is 0 Å². The lowest BCUT2D eigenvalue weighted by atomic mass is 10.1. The van der Waals surface area contributed by atoms with E-state index >= 15 is 0 Å². The van der Waals surface area contributed by atoms with Crippen LogP contribution >= 0.6 is 0 Å². The summed E-state index contributed by atoms with van der Waals surface area (Å²) in [5, 5.41) is 1.07. The highest BCUT2D eigenvalue weighted by Crippen LogP contribution is 2.19. The number of ketones is 1. The molecule has 4 amide bonds. The molecule has 43 heavy (non-hydrogen) atoms. The molecule has 3 rings (SSSR count). The first-order valence-electron chi connectivity index (χ1n) is 15.7. The third-order valence-corrected chi connectivity index (χ3v) is 8.29. The molecular weight excluding hydrogens is 546 g/mol. The Morgan fingerprint density at radius 1 is 0.930 bits per heavy atom. The normalized spacial score (nSPS) is 18.0. The van der Waals surface area contributed by atoms with E-state index in [9.17, 15) is 24.0 Å². The number of carbonyl (C=O) groups excluding carboxylic acids is 5. The molecule has 236 valence electrons. The van der Waals surface area contributed by atoms with Crippen molar-refractivity contribution >= 4 is 40.3 Å². The maximum absolute atomic E-state index is 13.9. The zero-order valence-corrected chi connectivity index (χ0v) is 26.6. The molecule has 1 aromatic carbocycles. The van der Waals surface area contributed by atoms with Gasteiger partial charge in [0.05, 0.1) is 13.1 Å². The zero-order chi connectivity index (χ0) is 31.5. The van der Waals surface area contributed by atoms with E-state index in [1.807, 2.05) is 51.2 Å². The molecule has 10 nitrogen and oxygen atoms in total. The van der Waals surface area contributed by atoms with Crippen LogP contribution in [-0.2, 0) is 30.4 Å². The SMILES string of the molecule is CCC(=O)CCCCCN1CC(=O)N(CCc2c[nH]c3ccccc23)CC(=O)N(CC(C)C)CCC(=O)N(C)[C@@H](C)C1=O. The summed E-state index contributed by atoms with van der Waals surface area (Å²) in [5.41, 5.74) is 2.06. The van der Waals surface area contributed by atoms with Crippen LogP contribution in [0.25, 0.3) is 10.9 Å². The van der Waals surface area contributed by atoms with Gasteiger partial charge in [0.25, 0.3) is 0 Å². The lowest BCUT2D eigenvalue weighted by Gasteiger charge is -2.31. The topological polar surface area (TPSA) is 114 Å². The predicted octanol–water partition coefficient (Wildman–Crippen LogP) is 3.64. The predicted molar refractivity (Wildman–Crippen MR) is 167 cm³/mol.